The molecular weight excluding hydrogens is 234 g/mol. The maximum absolute atomic E-state index is 5.84. The highest BCUT2D eigenvalue weighted by molar-refractivity contribution is 6.30. The molecule has 0 unspecified atom stereocenters. The lowest BCUT2D eigenvalue weighted by Crippen LogP contribution is -1.83. The van der Waals surface area contributed by atoms with E-state index in [4.69, 9.17) is 16.0 Å². The van der Waals surface area contributed by atoms with Crippen molar-refractivity contribution < 1.29 is 4.42 Å². The predicted molar refractivity (Wildman–Crippen MR) is 68.0 cm³/mol. The fourth-order valence-electron chi connectivity index (χ4n) is 1.79. The molecule has 0 saturated carbocycles. The fraction of sp³-hybridized carbons (Fsp3) is 0.0714. The first-order chi connectivity index (χ1) is 8.33. The number of nitrogens with zero attached hydrogens (tertiary/aromatic N) is 1. The second-order valence-corrected chi connectivity index (χ2v) is 4.31. The molecule has 17 heavy (non-hydrogen) atoms. The number of rotatable bonds is 2. The van der Waals surface area contributed by atoms with E-state index in [9.17, 15) is 0 Å². The first kappa shape index (κ1) is 10.4. The molecule has 3 heteroatoms. The summed E-state index contributed by atoms with van der Waals surface area (Å²) in [5.41, 5.74) is 0.937. The van der Waals surface area contributed by atoms with E-state index >= 15 is 0 Å². The Bertz CT molecular complexity index is 569. The van der Waals surface area contributed by atoms with Crippen LogP contribution in [0.2, 0.25) is 5.02 Å². The van der Waals surface area contributed by atoms with Crippen LogP contribution in [0.4, 0.5) is 0 Å². The van der Waals surface area contributed by atoms with Gasteiger partial charge in [-0.1, -0.05) is 35.9 Å². The number of halogens is 1. The Morgan fingerprint density at radius 2 is 1.76 bits per heavy atom. The molecule has 0 amide bonds. The zero-order chi connectivity index (χ0) is 11.7. The topological polar surface area (TPSA) is 26.0 Å². The molecule has 2 aromatic rings. The summed E-state index contributed by atoms with van der Waals surface area (Å²) >= 11 is 5.84. The van der Waals surface area contributed by atoms with Crippen LogP contribution in [0.3, 0.4) is 0 Å². The molecule has 3 rings (SSSR count). The molecule has 2 nitrogen and oxygen atoms in total. The van der Waals surface area contributed by atoms with Crippen LogP contribution in [-0.4, -0.2) is 4.98 Å². The predicted octanol–water partition coefficient (Wildman–Crippen LogP) is 4.20. The molecule has 1 aliphatic carbocycles. The minimum absolute atomic E-state index is 0.212. The van der Waals surface area contributed by atoms with Crippen molar-refractivity contribution in [1.29, 1.82) is 0 Å². The second kappa shape index (κ2) is 4.22. The molecule has 0 fully saturated rings. The number of aromatic nitrogens is 1. The molecule has 0 N–H and O–H groups in total. The van der Waals surface area contributed by atoms with E-state index in [1.165, 1.54) is 0 Å². The van der Waals surface area contributed by atoms with Crippen molar-refractivity contribution in [3.05, 3.63) is 65.5 Å². The van der Waals surface area contributed by atoms with Crippen LogP contribution < -0.4 is 0 Å². The van der Waals surface area contributed by atoms with E-state index in [1.54, 1.807) is 6.20 Å². The van der Waals surface area contributed by atoms with Gasteiger partial charge in [0.25, 0.3) is 0 Å². The number of benzene rings is 1. The smallest absolute Gasteiger partial charge is 0.226 e. The second-order valence-electron chi connectivity index (χ2n) is 3.87. The van der Waals surface area contributed by atoms with Gasteiger partial charge in [-0.2, -0.15) is 0 Å². The Hall–Kier alpha value is -1.80. The minimum atomic E-state index is 0.212. The minimum Gasteiger partial charge on any atom is -0.440 e. The van der Waals surface area contributed by atoms with Gasteiger partial charge in [0.15, 0.2) is 0 Å². The summed E-state index contributed by atoms with van der Waals surface area (Å²) in [5, 5.41) is 0.710. The lowest BCUT2D eigenvalue weighted by atomic mass is 10.1. The highest BCUT2D eigenvalue weighted by atomic mass is 35.5. The normalized spacial score (nSPS) is 14.6. The highest BCUT2D eigenvalue weighted by Crippen LogP contribution is 2.27. The van der Waals surface area contributed by atoms with E-state index in [1.807, 2.05) is 36.4 Å². The standard InChI is InChI=1S/C14H10ClNO/c15-12-7-5-11(6-8-12)14-16-9-13(17-14)10-3-1-2-4-10/h1-10H. The summed E-state index contributed by atoms with van der Waals surface area (Å²) in [4.78, 5) is 4.28. The molecule has 0 spiro atoms. The number of hydrogen-bond acceptors (Lipinski definition) is 2. The van der Waals surface area contributed by atoms with Gasteiger partial charge in [-0.3, -0.25) is 0 Å². The van der Waals surface area contributed by atoms with E-state index in [0.29, 0.717) is 10.9 Å². The average Bonchev–Trinajstić information content (AvgIpc) is 3.00. The highest BCUT2D eigenvalue weighted by Gasteiger charge is 2.13. The van der Waals surface area contributed by atoms with Crippen molar-refractivity contribution in [2.75, 3.05) is 0 Å². The van der Waals surface area contributed by atoms with Gasteiger partial charge in [0.2, 0.25) is 5.89 Å². The maximum Gasteiger partial charge on any atom is 0.226 e. The van der Waals surface area contributed by atoms with Gasteiger partial charge in [0, 0.05) is 10.6 Å². The first-order valence-corrected chi connectivity index (χ1v) is 5.77. The van der Waals surface area contributed by atoms with Crippen LogP contribution in [-0.2, 0) is 0 Å². The molecular formula is C14H10ClNO. The lowest BCUT2D eigenvalue weighted by molar-refractivity contribution is 0.519. The van der Waals surface area contributed by atoms with Gasteiger partial charge >= 0.3 is 0 Å². The quantitative estimate of drug-likeness (QED) is 0.790. The third-order valence-corrected chi connectivity index (χ3v) is 2.94. The van der Waals surface area contributed by atoms with E-state index in [-0.39, 0.29) is 5.92 Å². The third-order valence-electron chi connectivity index (χ3n) is 2.69. The van der Waals surface area contributed by atoms with Crippen LogP contribution in [0, 0.1) is 0 Å². The molecule has 0 aliphatic heterocycles. The van der Waals surface area contributed by atoms with Crippen LogP contribution in [0.25, 0.3) is 11.5 Å². The van der Waals surface area contributed by atoms with Crippen molar-refractivity contribution in [3.8, 4) is 11.5 Å². The van der Waals surface area contributed by atoms with Gasteiger partial charge < -0.3 is 4.42 Å². The molecule has 0 bridgehead atoms. The number of hydrogen-bond donors (Lipinski definition) is 0. The van der Waals surface area contributed by atoms with Crippen molar-refractivity contribution in [2.24, 2.45) is 0 Å². The van der Waals surface area contributed by atoms with Gasteiger partial charge in [0.05, 0.1) is 12.1 Å². The SMILES string of the molecule is Clc1ccc(-c2ncc(C3C=CC=C3)o2)cc1. The summed E-state index contributed by atoms with van der Waals surface area (Å²) < 4.78 is 5.74. The Balaban J connectivity index is 1.92. The van der Waals surface area contributed by atoms with Gasteiger partial charge in [-0.15, -0.1) is 0 Å². The van der Waals surface area contributed by atoms with Crippen molar-refractivity contribution >= 4 is 11.6 Å². The van der Waals surface area contributed by atoms with Crippen LogP contribution in [0.1, 0.15) is 11.7 Å². The Labute approximate surface area is 104 Å². The van der Waals surface area contributed by atoms with Crippen LogP contribution in [0.5, 0.6) is 0 Å². The van der Waals surface area contributed by atoms with Crippen molar-refractivity contribution in [3.63, 3.8) is 0 Å². The van der Waals surface area contributed by atoms with Gasteiger partial charge in [-0.25, -0.2) is 4.98 Å². The first-order valence-electron chi connectivity index (χ1n) is 5.39. The molecule has 1 aliphatic rings. The van der Waals surface area contributed by atoms with Crippen molar-refractivity contribution in [2.45, 2.75) is 5.92 Å². The monoisotopic (exact) mass is 243 g/mol. The summed E-state index contributed by atoms with van der Waals surface area (Å²) in [6, 6.07) is 7.46. The Kier molecular flexibility index (Phi) is 2.57. The number of allylic oxidation sites excluding steroid dienone is 4. The fourth-order valence-corrected chi connectivity index (χ4v) is 1.91. The average molecular weight is 244 g/mol. The molecule has 1 heterocycles. The van der Waals surface area contributed by atoms with E-state index in [0.717, 1.165) is 11.3 Å². The number of oxazole rings is 1. The molecule has 0 saturated heterocycles. The van der Waals surface area contributed by atoms with Crippen LogP contribution >= 0.6 is 11.6 Å². The zero-order valence-electron chi connectivity index (χ0n) is 9.01. The third kappa shape index (κ3) is 2.04. The Morgan fingerprint density at radius 1 is 1.06 bits per heavy atom. The summed E-state index contributed by atoms with van der Waals surface area (Å²) in [6.07, 6.45) is 9.94. The van der Waals surface area contributed by atoms with Gasteiger partial charge in [0.1, 0.15) is 5.76 Å². The van der Waals surface area contributed by atoms with E-state index < -0.39 is 0 Å². The molecule has 1 aromatic carbocycles. The Morgan fingerprint density at radius 3 is 2.47 bits per heavy atom. The molecule has 1 aromatic heterocycles. The zero-order valence-corrected chi connectivity index (χ0v) is 9.76. The largest absolute Gasteiger partial charge is 0.440 e. The lowest BCUT2D eigenvalue weighted by Gasteiger charge is -1.99. The summed E-state index contributed by atoms with van der Waals surface area (Å²) in [5.74, 6) is 1.70. The molecule has 0 radical (unpaired) electrons. The van der Waals surface area contributed by atoms with Crippen molar-refractivity contribution in [1.82, 2.24) is 4.98 Å². The van der Waals surface area contributed by atoms with Crippen LogP contribution in [0.15, 0.2) is 59.2 Å². The van der Waals surface area contributed by atoms with Gasteiger partial charge in [-0.05, 0) is 24.3 Å². The summed E-state index contributed by atoms with van der Waals surface area (Å²) in [6.45, 7) is 0. The molecule has 84 valence electrons. The summed E-state index contributed by atoms with van der Waals surface area (Å²) in [7, 11) is 0. The van der Waals surface area contributed by atoms with E-state index in [2.05, 4.69) is 17.1 Å². The molecule has 0 atom stereocenters. The maximum atomic E-state index is 5.84.